The number of pyridine rings is 1. The summed E-state index contributed by atoms with van der Waals surface area (Å²) in [5.41, 5.74) is 3.32. The number of rotatable bonds is 4. The second-order valence-corrected chi connectivity index (χ2v) is 7.35. The Bertz CT molecular complexity index is 1500. The number of fused-ring (bicyclic) bond motifs is 2. The highest BCUT2D eigenvalue weighted by molar-refractivity contribution is 5.83. The molecule has 0 atom stereocenters. The Morgan fingerprint density at radius 1 is 1.00 bits per heavy atom. The van der Waals surface area contributed by atoms with Crippen molar-refractivity contribution in [2.45, 2.75) is 19.9 Å². The van der Waals surface area contributed by atoms with E-state index in [-0.39, 0.29) is 16.9 Å². The van der Waals surface area contributed by atoms with Gasteiger partial charge in [-0.25, -0.2) is 9.07 Å². The first-order valence-electron chi connectivity index (χ1n) is 9.69. The number of hydrogen-bond donors (Lipinski definition) is 2. The molecule has 0 radical (unpaired) electrons. The highest BCUT2D eigenvalue weighted by atomic mass is 19.1. The van der Waals surface area contributed by atoms with Crippen molar-refractivity contribution >= 4 is 21.8 Å². The van der Waals surface area contributed by atoms with Crippen LogP contribution in [0.5, 0.6) is 0 Å². The van der Waals surface area contributed by atoms with Gasteiger partial charge in [0.25, 0.3) is 11.1 Å². The molecule has 2 N–H and O–H groups in total. The molecule has 150 valence electrons. The maximum Gasteiger partial charge on any atom is 0.280 e. The number of halogens is 1. The Kier molecular flexibility index (Phi) is 4.17. The molecule has 0 aliphatic heterocycles. The van der Waals surface area contributed by atoms with E-state index in [1.54, 1.807) is 11.5 Å². The van der Waals surface area contributed by atoms with E-state index in [1.165, 1.54) is 35.0 Å². The third-order valence-electron chi connectivity index (χ3n) is 5.58. The lowest BCUT2D eigenvalue weighted by molar-refractivity contribution is 0.627. The van der Waals surface area contributed by atoms with Gasteiger partial charge in [-0.15, -0.1) is 0 Å². The summed E-state index contributed by atoms with van der Waals surface area (Å²) >= 11 is 0. The molecule has 0 fully saturated rings. The largest absolute Gasteiger partial charge is 0.361 e. The number of aromatic amines is 2. The molecule has 3 aromatic heterocycles. The Labute approximate surface area is 170 Å². The average molecular weight is 402 g/mol. The molecule has 3 heterocycles. The van der Waals surface area contributed by atoms with E-state index in [0.717, 1.165) is 16.5 Å². The maximum absolute atomic E-state index is 13.2. The highest BCUT2D eigenvalue weighted by Crippen LogP contribution is 2.19. The van der Waals surface area contributed by atoms with Gasteiger partial charge in [0.1, 0.15) is 5.82 Å². The normalized spacial score (nSPS) is 11.5. The molecule has 7 heteroatoms. The van der Waals surface area contributed by atoms with Crippen molar-refractivity contribution in [2.24, 2.45) is 0 Å². The first-order valence-corrected chi connectivity index (χ1v) is 9.69. The Balaban J connectivity index is 1.56. The van der Waals surface area contributed by atoms with Crippen molar-refractivity contribution in [1.82, 2.24) is 19.3 Å². The number of nitrogens with zero attached hydrogens (tertiary/aromatic N) is 2. The van der Waals surface area contributed by atoms with Gasteiger partial charge in [-0.1, -0.05) is 18.2 Å². The lowest BCUT2D eigenvalue weighted by Crippen LogP contribution is -2.24. The maximum atomic E-state index is 13.2. The van der Waals surface area contributed by atoms with Gasteiger partial charge in [-0.3, -0.25) is 14.7 Å². The van der Waals surface area contributed by atoms with E-state index in [2.05, 4.69) is 10.1 Å². The van der Waals surface area contributed by atoms with Crippen molar-refractivity contribution in [3.05, 3.63) is 98.6 Å². The highest BCUT2D eigenvalue weighted by Gasteiger charge is 2.15. The molecule has 0 unspecified atom stereocenters. The standard InChI is InChI=1S/C23H19FN4O2/c1-14-22-20(26-28(23(22)30)17-8-6-16(24)7-9-17)12-21(29)27(14)11-10-15-13-25-19-5-3-2-4-18(15)19/h2-9,12-13,25-26H,10-11H2,1H3. The van der Waals surface area contributed by atoms with Crippen molar-refractivity contribution in [3.8, 4) is 5.69 Å². The van der Waals surface area contributed by atoms with E-state index in [0.29, 0.717) is 35.2 Å². The Hall–Kier alpha value is -3.87. The van der Waals surface area contributed by atoms with E-state index in [1.807, 2.05) is 30.5 Å². The minimum Gasteiger partial charge on any atom is -0.361 e. The third-order valence-corrected chi connectivity index (χ3v) is 5.58. The van der Waals surface area contributed by atoms with Gasteiger partial charge in [0, 0.05) is 35.4 Å². The van der Waals surface area contributed by atoms with Crippen molar-refractivity contribution < 1.29 is 4.39 Å². The Morgan fingerprint density at radius 2 is 1.77 bits per heavy atom. The number of para-hydroxylation sites is 1. The third kappa shape index (κ3) is 2.86. The number of aromatic nitrogens is 4. The van der Waals surface area contributed by atoms with E-state index >= 15 is 0 Å². The lowest BCUT2D eigenvalue weighted by atomic mass is 10.1. The minimum absolute atomic E-state index is 0.174. The molecule has 5 aromatic rings. The molecule has 0 bridgehead atoms. The van der Waals surface area contributed by atoms with Gasteiger partial charge in [-0.2, -0.15) is 0 Å². The predicted molar refractivity (Wildman–Crippen MR) is 115 cm³/mol. The van der Waals surface area contributed by atoms with Crippen molar-refractivity contribution in [1.29, 1.82) is 0 Å². The number of aryl methyl sites for hydroxylation is 2. The van der Waals surface area contributed by atoms with Crippen LogP contribution in [0.2, 0.25) is 0 Å². The van der Waals surface area contributed by atoms with Gasteiger partial charge in [-0.05, 0) is 49.2 Å². The zero-order valence-corrected chi connectivity index (χ0v) is 16.3. The SMILES string of the molecule is Cc1c2c(=O)n(-c3ccc(F)cc3)[nH]c2cc(=O)n1CCc1c[nH]c2ccccc12. The monoisotopic (exact) mass is 402 g/mol. The second kappa shape index (κ2) is 6.88. The fourth-order valence-electron chi connectivity index (χ4n) is 4.03. The molecule has 0 amide bonds. The molecule has 0 aliphatic carbocycles. The van der Waals surface area contributed by atoms with Gasteiger partial charge in [0.15, 0.2) is 0 Å². The van der Waals surface area contributed by atoms with E-state index < -0.39 is 0 Å². The molecule has 0 saturated carbocycles. The summed E-state index contributed by atoms with van der Waals surface area (Å²) < 4.78 is 16.2. The summed E-state index contributed by atoms with van der Waals surface area (Å²) in [6, 6.07) is 15.1. The lowest BCUT2D eigenvalue weighted by Gasteiger charge is -2.09. The fourth-order valence-corrected chi connectivity index (χ4v) is 4.03. The number of hydrogen-bond acceptors (Lipinski definition) is 2. The fraction of sp³-hybridized carbons (Fsp3) is 0.130. The molecular formula is C23H19FN4O2. The van der Waals surface area contributed by atoms with Crippen LogP contribution in [0.15, 0.2) is 70.4 Å². The first kappa shape index (κ1) is 18.2. The van der Waals surface area contributed by atoms with Crippen LogP contribution in [0.1, 0.15) is 11.3 Å². The number of benzene rings is 2. The minimum atomic E-state index is -0.379. The molecule has 0 aliphatic rings. The molecular weight excluding hydrogens is 383 g/mol. The Morgan fingerprint density at radius 3 is 2.57 bits per heavy atom. The van der Waals surface area contributed by atoms with Crippen LogP contribution in [-0.4, -0.2) is 19.3 Å². The molecule has 0 spiro atoms. The van der Waals surface area contributed by atoms with Crippen LogP contribution in [0.4, 0.5) is 4.39 Å². The van der Waals surface area contributed by atoms with Gasteiger partial charge < -0.3 is 9.55 Å². The van der Waals surface area contributed by atoms with Crippen LogP contribution < -0.4 is 11.1 Å². The van der Waals surface area contributed by atoms with Crippen LogP contribution >= 0.6 is 0 Å². The van der Waals surface area contributed by atoms with Gasteiger partial charge in [0.2, 0.25) is 0 Å². The summed E-state index contributed by atoms with van der Waals surface area (Å²) in [6.07, 6.45) is 2.62. The van der Waals surface area contributed by atoms with Crippen LogP contribution in [0.3, 0.4) is 0 Å². The van der Waals surface area contributed by atoms with Gasteiger partial charge in [0.05, 0.1) is 16.6 Å². The summed E-state index contributed by atoms with van der Waals surface area (Å²) in [5, 5.41) is 4.55. The summed E-state index contributed by atoms with van der Waals surface area (Å²) in [4.78, 5) is 29.0. The van der Waals surface area contributed by atoms with E-state index in [4.69, 9.17) is 0 Å². The van der Waals surface area contributed by atoms with Crippen LogP contribution in [0, 0.1) is 12.7 Å². The average Bonchev–Trinajstić information content (AvgIpc) is 3.29. The topological polar surface area (TPSA) is 75.6 Å². The summed E-state index contributed by atoms with van der Waals surface area (Å²) in [5.74, 6) is -0.379. The number of nitrogens with one attached hydrogen (secondary N) is 2. The number of H-pyrrole nitrogens is 2. The van der Waals surface area contributed by atoms with Crippen LogP contribution in [0.25, 0.3) is 27.5 Å². The molecule has 2 aromatic carbocycles. The molecule has 5 rings (SSSR count). The summed E-state index contributed by atoms with van der Waals surface area (Å²) in [7, 11) is 0. The smallest absolute Gasteiger partial charge is 0.280 e. The van der Waals surface area contributed by atoms with Crippen LogP contribution in [-0.2, 0) is 13.0 Å². The summed E-state index contributed by atoms with van der Waals surface area (Å²) in [6.45, 7) is 2.24. The van der Waals surface area contributed by atoms with E-state index in [9.17, 15) is 14.0 Å². The first-order chi connectivity index (χ1) is 14.5. The molecule has 6 nitrogen and oxygen atoms in total. The van der Waals surface area contributed by atoms with Crippen molar-refractivity contribution in [3.63, 3.8) is 0 Å². The van der Waals surface area contributed by atoms with Gasteiger partial charge >= 0.3 is 0 Å². The molecule has 0 saturated heterocycles. The zero-order valence-electron chi connectivity index (χ0n) is 16.3. The predicted octanol–water partition coefficient (Wildman–Crippen LogP) is 3.65. The second-order valence-electron chi connectivity index (χ2n) is 7.35. The van der Waals surface area contributed by atoms with Crippen molar-refractivity contribution in [2.75, 3.05) is 0 Å². The zero-order chi connectivity index (χ0) is 20.8. The quantitative estimate of drug-likeness (QED) is 0.481. The molecule has 30 heavy (non-hydrogen) atoms.